The lowest BCUT2D eigenvalue weighted by molar-refractivity contribution is 0.0694. The Bertz CT molecular complexity index is 461. The van der Waals surface area contributed by atoms with Crippen LogP contribution in [0.3, 0.4) is 0 Å². The Hall–Kier alpha value is -1.58. The zero-order chi connectivity index (χ0) is 11.0. The van der Waals surface area contributed by atoms with Crippen LogP contribution in [-0.4, -0.2) is 16.1 Å². The van der Waals surface area contributed by atoms with Gasteiger partial charge in [-0.2, -0.15) is 0 Å². The first-order valence-electron chi connectivity index (χ1n) is 5.06. The number of H-pyrrole nitrogens is 1. The van der Waals surface area contributed by atoms with Gasteiger partial charge in [-0.15, -0.1) is 0 Å². The number of nitrogens with one attached hydrogen (secondary N) is 1. The molecule has 1 aromatic heterocycles. The highest BCUT2D eigenvalue weighted by Gasteiger charge is 2.19. The molecule has 0 bridgehead atoms. The first kappa shape index (κ1) is 9.96. The average Bonchev–Trinajstić information content (AvgIpc) is 2.17. The molecule has 0 aromatic carbocycles. The number of aromatic nitrogens is 1. The molecule has 4 nitrogen and oxygen atoms in total. The van der Waals surface area contributed by atoms with Gasteiger partial charge in [-0.1, -0.05) is 6.92 Å². The lowest BCUT2D eigenvalue weighted by Gasteiger charge is -2.20. The van der Waals surface area contributed by atoms with E-state index < -0.39 is 11.5 Å². The second-order valence-electron chi connectivity index (χ2n) is 4.17. The van der Waals surface area contributed by atoms with Crippen LogP contribution >= 0.6 is 0 Å². The molecule has 0 aliphatic heterocycles. The highest BCUT2D eigenvalue weighted by molar-refractivity contribution is 5.87. The van der Waals surface area contributed by atoms with Gasteiger partial charge in [0.1, 0.15) is 5.56 Å². The van der Waals surface area contributed by atoms with Crippen molar-refractivity contribution in [3.05, 3.63) is 33.2 Å². The molecular weight excluding hydrogens is 194 g/mol. The van der Waals surface area contributed by atoms with Gasteiger partial charge in [-0.25, -0.2) is 4.79 Å². The summed E-state index contributed by atoms with van der Waals surface area (Å²) in [6.45, 7) is 2.13. The number of carboxylic acids is 1. The van der Waals surface area contributed by atoms with Gasteiger partial charge in [0.25, 0.3) is 5.56 Å². The average molecular weight is 207 g/mol. The molecule has 4 heteroatoms. The van der Waals surface area contributed by atoms with E-state index in [1.807, 2.05) is 0 Å². The summed E-state index contributed by atoms with van der Waals surface area (Å²) >= 11 is 0. The minimum absolute atomic E-state index is 0.150. The molecule has 1 aliphatic carbocycles. The SMILES string of the molecule is C[C@H]1CCc2[nH]c(=O)c(C(=O)O)cc2C1. The van der Waals surface area contributed by atoms with Crippen LogP contribution in [0.5, 0.6) is 0 Å². The Morgan fingerprint density at radius 2 is 2.33 bits per heavy atom. The largest absolute Gasteiger partial charge is 0.477 e. The van der Waals surface area contributed by atoms with Gasteiger partial charge in [-0.3, -0.25) is 4.79 Å². The van der Waals surface area contributed by atoms with Crippen LogP contribution in [0.1, 0.15) is 35.0 Å². The molecule has 80 valence electrons. The van der Waals surface area contributed by atoms with Gasteiger partial charge < -0.3 is 10.1 Å². The van der Waals surface area contributed by atoms with Crippen LogP contribution in [0.4, 0.5) is 0 Å². The van der Waals surface area contributed by atoms with E-state index in [-0.39, 0.29) is 5.56 Å². The standard InChI is InChI=1S/C11H13NO3/c1-6-2-3-9-7(4-6)5-8(11(14)15)10(13)12-9/h5-6H,2-4H2,1H3,(H,12,13)(H,14,15)/t6-/m0/s1. The molecule has 1 atom stereocenters. The van der Waals surface area contributed by atoms with E-state index in [9.17, 15) is 9.59 Å². The molecule has 1 aliphatic rings. The maximum absolute atomic E-state index is 11.4. The summed E-state index contributed by atoms with van der Waals surface area (Å²) in [5.74, 6) is -0.595. The quantitative estimate of drug-likeness (QED) is 0.726. The van der Waals surface area contributed by atoms with Crippen molar-refractivity contribution in [2.24, 2.45) is 5.92 Å². The molecule has 0 fully saturated rings. The fourth-order valence-electron chi connectivity index (χ4n) is 2.04. The van der Waals surface area contributed by atoms with Crippen molar-refractivity contribution >= 4 is 5.97 Å². The highest BCUT2D eigenvalue weighted by Crippen LogP contribution is 2.23. The fourth-order valence-corrected chi connectivity index (χ4v) is 2.04. The van der Waals surface area contributed by atoms with Crippen LogP contribution in [0.2, 0.25) is 0 Å². The van der Waals surface area contributed by atoms with Crippen molar-refractivity contribution in [2.45, 2.75) is 26.2 Å². The zero-order valence-electron chi connectivity index (χ0n) is 8.54. The monoisotopic (exact) mass is 207 g/mol. The molecule has 15 heavy (non-hydrogen) atoms. The number of hydrogen-bond acceptors (Lipinski definition) is 2. The maximum atomic E-state index is 11.4. The zero-order valence-corrected chi connectivity index (χ0v) is 8.54. The number of aryl methyl sites for hydroxylation is 1. The van der Waals surface area contributed by atoms with Crippen molar-refractivity contribution < 1.29 is 9.90 Å². The number of carboxylic acid groups (broad SMARTS) is 1. The van der Waals surface area contributed by atoms with Crippen molar-refractivity contribution in [3.63, 3.8) is 0 Å². The Morgan fingerprint density at radius 3 is 3.00 bits per heavy atom. The van der Waals surface area contributed by atoms with Gasteiger partial charge in [0.2, 0.25) is 0 Å². The topological polar surface area (TPSA) is 70.2 Å². The van der Waals surface area contributed by atoms with Gasteiger partial charge in [0, 0.05) is 5.69 Å². The van der Waals surface area contributed by atoms with Gasteiger partial charge in [-0.05, 0) is 36.8 Å². The molecule has 0 amide bonds. The number of fused-ring (bicyclic) bond motifs is 1. The number of carbonyl (C=O) groups is 1. The van der Waals surface area contributed by atoms with Crippen molar-refractivity contribution in [1.29, 1.82) is 0 Å². The molecule has 1 heterocycles. The third kappa shape index (κ3) is 1.79. The Morgan fingerprint density at radius 1 is 1.60 bits per heavy atom. The van der Waals surface area contributed by atoms with Crippen LogP contribution in [0, 0.1) is 5.92 Å². The molecule has 2 N–H and O–H groups in total. The van der Waals surface area contributed by atoms with E-state index in [0.717, 1.165) is 30.5 Å². The summed E-state index contributed by atoms with van der Waals surface area (Å²) < 4.78 is 0. The molecule has 0 unspecified atom stereocenters. The minimum Gasteiger partial charge on any atom is -0.477 e. The van der Waals surface area contributed by atoms with Crippen LogP contribution in [0.15, 0.2) is 10.9 Å². The number of aromatic carboxylic acids is 1. The molecular formula is C11H13NO3. The summed E-state index contributed by atoms with van der Waals surface area (Å²) in [5, 5.41) is 8.81. The van der Waals surface area contributed by atoms with Crippen molar-refractivity contribution in [3.8, 4) is 0 Å². The first-order chi connectivity index (χ1) is 7.08. The Labute approximate surface area is 87.0 Å². The van der Waals surface area contributed by atoms with Gasteiger partial charge in [0.15, 0.2) is 0 Å². The highest BCUT2D eigenvalue weighted by atomic mass is 16.4. The van der Waals surface area contributed by atoms with Crippen LogP contribution in [0.25, 0.3) is 0 Å². The third-order valence-electron chi connectivity index (χ3n) is 2.90. The summed E-state index contributed by atoms with van der Waals surface area (Å²) in [4.78, 5) is 24.8. The third-order valence-corrected chi connectivity index (χ3v) is 2.90. The molecule has 0 saturated carbocycles. The van der Waals surface area contributed by atoms with E-state index in [0.29, 0.717) is 5.92 Å². The predicted octanol–water partition coefficient (Wildman–Crippen LogP) is 1.20. The summed E-state index contributed by atoms with van der Waals surface area (Å²) in [7, 11) is 0. The van der Waals surface area contributed by atoms with E-state index in [2.05, 4.69) is 11.9 Å². The molecule has 0 saturated heterocycles. The van der Waals surface area contributed by atoms with Crippen molar-refractivity contribution in [2.75, 3.05) is 0 Å². The smallest absolute Gasteiger partial charge is 0.341 e. The van der Waals surface area contributed by atoms with Gasteiger partial charge >= 0.3 is 5.97 Å². The minimum atomic E-state index is -1.16. The van der Waals surface area contributed by atoms with E-state index in [4.69, 9.17) is 5.11 Å². The van der Waals surface area contributed by atoms with E-state index in [1.54, 1.807) is 0 Å². The molecule has 1 aromatic rings. The fraction of sp³-hybridized carbons (Fsp3) is 0.455. The Balaban J connectivity index is 2.52. The van der Waals surface area contributed by atoms with Crippen LogP contribution in [-0.2, 0) is 12.8 Å². The van der Waals surface area contributed by atoms with E-state index in [1.165, 1.54) is 6.07 Å². The lowest BCUT2D eigenvalue weighted by atomic mass is 9.87. The number of hydrogen-bond donors (Lipinski definition) is 2. The maximum Gasteiger partial charge on any atom is 0.341 e. The second kappa shape index (κ2) is 3.53. The Kier molecular flexibility index (Phi) is 2.34. The molecule has 2 rings (SSSR count). The predicted molar refractivity (Wildman–Crippen MR) is 55.2 cm³/mol. The van der Waals surface area contributed by atoms with Crippen molar-refractivity contribution in [1.82, 2.24) is 4.98 Å². The lowest BCUT2D eigenvalue weighted by Crippen LogP contribution is -2.23. The van der Waals surface area contributed by atoms with Crippen LogP contribution < -0.4 is 5.56 Å². The molecule has 0 radical (unpaired) electrons. The van der Waals surface area contributed by atoms with E-state index >= 15 is 0 Å². The summed E-state index contributed by atoms with van der Waals surface area (Å²) in [6, 6.07) is 1.52. The van der Waals surface area contributed by atoms with Gasteiger partial charge in [0.05, 0.1) is 0 Å². The number of pyridine rings is 1. The number of aromatic amines is 1. The summed E-state index contributed by atoms with van der Waals surface area (Å²) in [6.07, 6.45) is 2.74. The summed E-state index contributed by atoms with van der Waals surface area (Å²) in [5.41, 5.74) is 1.24. The molecule has 0 spiro atoms. The number of rotatable bonds is 1. The second-order valence-corrected chi connectivity index (χ2v) is 4.17. The first-order valence-corrected chi connectivity index (χ1v) is 5.06. The normalized spacial score (nSPS) is 19.7.